The number of amides is 1. The first-order valence-corrected chi connectivity index (χ1v) is 10.2. The molecule has 0 saturated heterocycles. The molecule has 2 aromatic carbocycles. The van der Waals surface area contributed by atoms with Crippen molar-refractivity contribution in [3.05, 3.63) is 76.1 Å². The Morgan fingerprint density at radius 2 is 2.10 bits per heavy atom. The molecule has 2 aliphatic heterocycles. The van der Waals surface area contributed by atoms with Gasteiger partial charge in [-0.3, -0.25) is 9.48 Å². The number of hydrogen-bond donors (Lipinski definition) is 2. The first-order valence-electron chi connectivity index (χ1n) is 9.31. The lowest BCUT2D eigenvalue weighted by Gasteiger charge is -2.26. The molecular formula is C21H19ClN4O2S. The van der Waals surface area contributed by atoms with E-state index in [9.17, 15) is 4.79 Å². The maximum Gasteiger partial charge on any atom is 0.255 e. The lowest BCUT2D eigenvalue weighted by molar-refractivity contribution is 0.0707. The van der Waals surface area contributed by atoms with E-state index in [0.717, 1.165) is 33.8 Å². The SMILES string of the molecule is Cn1ncc(Cl)c1CC1c2ccccc2C(=O)N1Cc1ccc2c(c1)OC(S)N2. The second-order valence-electron chi connectivity index (χ2n) is 7.25. The molecule has 1 aromatic heterocycles. The van der Waals surface area contributed by atoms with Crippen LogP contribution in [0.3, 0.4) is 0 Å². The quantitative estimate of drug-likeness (QED) is 0.618. The third-order valence-electron chi connectivity index (χ3n) is 5.50. The van der Waals surface area contributed by atoms with Crippen molar-refractivity contribution >= 4 is 35.8 Å². The number of nitrogens with zero attached hydrogens (tertiary/aromatic N) is 3. The molecule has 1 amide bonds. The van der Waals surface area contributed by atoms with E-state index >= 15 is 0 Å². The minimum absolute atomic E-state index is 0.0236. The van der Waals surface area contributed by atoms with Gasteiger partial charge in [-0.25, -0.2) is 0 Å². The molecule has 29 heavy (non-hydrogen) atoms. The van der Waals surface area contributed by atoms with E-state index in [1.807, 2.05) is 54.4 Å². The molecule has 6 nitrogen and oxygen atoms in total. The average Bonchev–Trinajstić information content (AvgIpc) is 3.32. The summed E-state index contributed by atoms with van der Waals surface area (Å²) in [5.74, 6) is 0.772. The molecule has 1 N–H and O–H groups in total. The van der Waals surface area contributed by atoms with Gasteiger partial charge in [0.2, 0.25) is 5.56 Å². The van der Waals surface area contributed by atoms with Gasteiger partial charge in [-0.2, -0.15) is 5.10 Å². The number of carbonyl (C=O) groups excluding carboxylic acids is 1. The summed E-state index contributed by atoms with van der Waals surface area (Å²) >= 11 is 10.7. The highest BCUT2D eigenvalue weighted by Crippen LogP contribution is 2.39. The van der Waals surface area contributed by atoms with E-state index in [0.29, 0.717) is 18.0 Å². The Labute approximate surface area is 178 Å². The van der Waals surface area contributed by atoms with Crippen molar-refractivity contribution < 1.29 is 9.53 Å². The van der Waals surface area contributed by atoms with E-state index in [1.54, 1.807) is 10.9 Å². The molecule has 0 saturated carbocycles. The van der Waals surface area contributed by atoms with Gasteiger partial charge in [0, 0.05) is 25.6 Å². The van der Waals surface area contributed by atoms with Crippen molar-refractivity contribution in [3.63, 3.8) is 0 Å². The lowest BCUT2D eigenvalue weighted by Crippen LogP contribution is -2.29. The van der Waals surface area contributed by atoms with Gasteiger partial charge in [0.1, 0.15) is 5.75 Å². The van der Waals surface area contributed by atoms with Crippen molar-refractivity contribution in [1.29, 1.82) is 0 Å². The summed E-state index contributed by atoms with van der Waals surface area (Å²) < 4.78 is 7.44. The Hall–Kier alpha value is -2.64. The fraction of sp³-hybridized carbons (Fsp3) is 0.238. The zero-order valence-corrected chi connectivity index (χ0v) is 17.3. The topological polar surface area (TPSA) is 59.4 Å². The van der Waals surface area contributed by atoms with E-state index in [4.69, 9.17) is 16.3 Å². The molecule has 3 aromatic rings. The van der Waals surface area contributed by atoms with Gasteiger partial charge in [0.15, 0.2) is 0 Å². The maximum absolute atomic E-state index is 13.2. The highest BCUT2D eigenvalue weighted by molar-refractivity contribution is 7.80. The summed E-state index contributed by atoms with van der Waals surface area (Å²) in [5.41, 5.74) is 4.22. The Balaban J connectivity index is 1.49. The number of rotatable bonds is 4. The second kappa shape index (κ2) is 7.00. The number of halogens is 1. The van der Waals surface area contributed by atoms with E-state index in [-0.39, 0.29) is 17.5 Å². The van der Waals surface area contributed by atoms with Gasteiger partial charge in [0.25, 0.3) is 5.91 Å². The fourth-order valence-corrected chi connectivity index (χ4v) is 4.55. The van der Waals surface area contributed by atoms with Crippen LogP contribution in [0.2, 0.25) is 5.02 Å². The van der Waals surface area contributed by atoms with E-state index in [1.165, 1.54) is 0 Å². The molecule has 0 fully saturated rings. The number of fused-ring (bicyclic) bond motifs is 2. The second-order valence-corrected chi connectivity index (χ2v) is 8.12. The highest BCUT2D eigenvalue weighted by Gasteiger charge is 2.37. The van der Waals surface area contributed by atoms with E-state index < -0.39 is 0 Å². The molecule has 0 aliphatic carbocycles. The third-order valence-corrected chi connectivity index (χ3v) is 6.05. The largest absolute Gasteiger partial charge is 0.459 e. The van der Waals surface area contributed by atoms with Crippen LogP contribution in [-0.4, -0.2) is 26.1 Å². The molecule has 0 radical (unpaired) electrons. The van der Waals surface area contributed by atoms with Crippen molar-refractivity contribution in [3.8, 4) is 5.75 Å². The van der Waals surface area contributed by atoms with Crippen LogP contribution >= 0.6 is 24.2 Å². The van der Waals surface area contributed by atoms with E-state index in [2.05, 4.69) is 23.0 Å². The van der Waals surface area contributed by atoms with Crippen LogP contribution in [0.4, 0.5) is 5.69 Å². The highest BCUT2D eigenvalue weighted by atomic mass is 35.5. The summed E-state index contributed by atoms with van der Waals surface area (Å²) in [6.45, 7) is 0.474. The number of anilines is 1. The molecule has 148 valence electrons. The van der Waals surface area contributed by atoms with Gasteiger partial charge < -0.3 is 15.0 Å². The van der Waals surface area contributed by atoms with Gasteiger partial charge in [-0.15, -0.1) is 12.6 Å². The van der Waals surface area contributed by atoms with Crippen molar-refractivity contribution in [2.24, 2.45) is 7.05 Å². The monoisotopic (exact) mass is 426 g/mol. The molecule has 2 aliphatic rings. The zero-order chi connectivity index (χ0) is 20.1. The van der Waals surface area contributed by atoms with Crippen molar-refractivity contribution in [2.45, 2.75) is 24.6 Å². The molecule has 2 unspecified atom stereocenters. The first-order chi connectivity index (χ1) is 14.0. The van der Waals surface area contributed by atoms with Crippen LogP contribution in [-0.2, 0) is 20.0 Å². The Bertz CT molecular complexity index is 1100. The van der Waals surface area contributed by atoms with Crippen LogP contribution in [0.5, 0.6) is 5.75 Å². The smallest absolute Gasteiger partial charge is 0.255 e. The summed E-state index contributed by atoms with van der Waals surface area (Å²) in [7, 11) is 1.87. The Morgan fingerprint density at radius 3 is 2.90 bits per heavy atom. The molecular weight excluding hydrogens is 408 g/mol. The van der Waals surface area contributed by atoms with Crippen LogP contribution in [0.25, 0.3) is 0 Å². The minimum atomic E-state index is -0.349. The lowest BCUT2D eigenvalue weighted by atomic mass is 10.0. The van der Waals surface area contributed by atoms with Crippen LogP contribution in [0, 0.1) is 0 Å². The fourth-order valence-electron chi connectivity index (χ4n) is 4.06. The maximum atomic E-state index is 13.2. The molecule has 0 bridgehead atoms. The van der Waals surface area contributed by atoms with Gasteiger partial charge in [-0.1, -0.05) is 35.9 Å². The first kappa shape index (κ1) is 18.4. The number of aromatic nitrogens is 2. The number of hydrogen-bond acceptors (Lipinski definition) is 5. The molecule has 3 heterocycles. The Morgan fingerprint density at radius 1 is 1.28 bits per heavy atom. The predicted octanol–water partition coefficient (Wildman–Crippen LogP) is 4.03. The summed E-state index contributed by atoms with van der Waals surface area (Å²) in [6, 6.07) is 13.6. The Kier molecular flexibility index (Phi) is 4.44. The van der Waals surface area contributed by atoms with Crippen LogP contribution in [0.1, 0.15) is 33.2 Å². The van der Waals surface area contributed by atoms with Crippen LogP contribution in [0.15, 0.2) is 48.7 Å². The van der Waals surface area contributed by atoms with Crippen molar-refractivity contribution in [1.82, 2.24) is 14.7 Å². The number of aryl methyl sites for hydroxylation is 1. The number of ether oxygens (including phenoxy) is 1. The van der Waals surface area contributed by atoms with Gasteiger partial charge >= 0.3 is 0 Å². The summed E-state index contributed by atoms with van der Waals surface area (Å²) in [4.78, 5) is 15.1. The minimum Gasteiger partial charge on any atom is -0.459 e. The number of nitrogens with one attached hydrogen (secondary N) is 1. The van der Waals surface area contributed by atoms with Crippen LogP contribution < -0.4 is 10.1 Å². The normalized spacial score (nSPS) is 19.7. The van der Waals surface area contributed by atoms with Gasteiger partial charge in [0.05, 0.1) is 28.6 Å². The summed E-state index contributed by atoms with van der Waals surface area (Å²) in [5, 5.41) is 7.98. The van der Waals surface area contributed by atoms with Gasteiger partial charge in [-0.05, 0) is 29.3 Å². The molecule has 0 spiro atoms. The number of thiol groups is 1. The zero-order valence-electron chi connectivity index (χ0n) is 15.7. The van der Waals surface area contributed by atoms with Crippen molar-refractivity contribution in [2.75, 3.05) is 5.32 Å². The molecule has 8 heteroatoms. The predicted molar refractivity (Wildman–Crippen MR) is 114 cm³/mol. The number of benzene rings is 2. The molecule has 5 rings (SSSR count). The summed E-state index contributed by atoms with van der Waals surface area (Å²) in [6.07, 6.45) is 2.24. The standard InChI is InChI=1S/C21H19ClN4O2S/c1-25-18(15(22)10-23-25)9-17-13-4-2-3-5-14(13)20(27)26(17)11-12-6-7-16-19(8-12)28-21(29)24-16/h2-8,10,17,21,24,29H,9,11H2,1H3. The molecule has 2 atom stereocenters. The average molecular weight is 427 g/mol. The number of carbonyl (C=O) groups is 1. The third kappa shape index (κ3) is 3.14.